The molecular formula is C23H21F2N5O4. The van der Waals surface area contributed by atoms with E-state index >= 15 is 0 Å². The molecule has 0 saturated heterocycles. The van der Waals surface area contributed by atoms with Gasteiger partial charge in [-0.05, 0) is 30.7 Å². The molecule has 3 aromatic heterocycles. The fourth-order valence-corrected chi connectivity index (χ4v) is 3.81. The Bertz CT molecular complexity index is 1360. The molecule has 2 N–H and O–H groups in total. The summed E-state index contributed by atoms with van der Waals surface area (Å²) in [5, 5.41) is 15.7. The molecule has 0 spiro atoms. The van der Waals surface area contributed by atoms with Crippen molar-refractivity contribution in [2.45, 2.75) is 31.6 Å². The number of anilines is 1. The van der Waals surface area contributed by atoms with E-state index in [1.807, 2.05) is 6.92 Å². The maximum atomic E-state index is 13.2. The molecule has 4 aromatic rings. The Balaban J connectivity index is 1.37. The number of hydrogen-bond acceptors (Lipinski definition) is 7. The second-order valence-electron chi connectivity index (χ2n) is 8.21. The third kappa shape index (κ3) is 4.21. The molecule has 34 heavy (non-hydrogen) atoms. The maximum absolute atomic E-state index is 13.2. The van der Waals surface area contributed by atoms with Gasteiger partial charge in [-0.15, -0.1) is 0 Å². The molecule has 11 heteroatoms. The lowest BCUT2D eigenvalue weighted by atomic mass is 9.81. The van der Waals surface area contributed by atoms with E-state index in [-0.39, 0.29) is 37.8 Å². The summed E-state index contributed by atoms with van der Waals surface area (Å²) < 4.78 is 38.5. The highest BCUT2D eigenvalue weighted by Gasteiger charge is 2.48. The van der Waals surface area contributed by atoms with Crippen LogP contribution >= 0.6 is 0 Å². The normalized spacial score (nSPS) is 15.3. The van der Waals surface area contributed by atoms with E-state index in [0.717, 1.165) is 5.56 Å². The largest absolute Gasteiger partial charge is 0.490 e. The number of pyridine rings is 1. The number of benzene rings is 1. The van der Waals surface area contributed by atoms with E-state index < -0.39 is 17.7 Å². The first-order valence-corrected chi connectivity index (χ1v) is 10.7. The van der Waals surface area contributed by atoms with Crippen LogP contribution in [-0.2, 0) is 0 Å². The average Bonchev–Trinajstić information content (AvgIpc) is 3.44. The molecule has 1 amide bonds. The molecule has 1 aromatic carbocycles. The van der Waals surface area contributed by atoms with Crippen molar-refractivity contribution < 1.29 is 27.9 Å². The molecule has 1 saturated carbocycles. The highest BCUT2D eigenvalue weighted by atomic mass is 19.3. The van der Waals surface area contributed by atoms with Crippen LogP contribution in [0.3, 0.4) is 0 Å². The third-order valence-electron chi connectivity index (χ3n) is 5.70. The van der Waals surface area contributed by atoms with Crippen LogP contribution in [0.25, 0.3) is 17.0 Å². The van der Waals surface area contributed by atoms with Gasteiger partial charge in [-0.25, -0.2) is 13.8 Å². The van der Waals surface area contributed by atoms with Gasteiger partial charge in [0.05, 0.1) is 19.0 Å². The predicted octanol–water partition coefficient (Wildman–Crippen LogP) is 3.83. The Morgan fingerprint density at radius 2 is 2.15 bits per heavy atom. The molecule has 3 heterocycles. The van der Waals surface area contributed by atoms with E-state index in [1.54, 1.807) is 40.9 Å². The van der Waals surface area contributed by atoms with Crippen LogP contribution in [0, 0.1) is 6.92 Å². The van der Waals surface area contributed by atoms with Gasteiger partial charge in [0, 0.05) is 30.0 Å². The summed E-state index contributed by atoms with van der Waals surface area (Å²) >= 11 is 0. The number of imidazole rings is 1. The number of aliphatic hydroxyl groups is 1. The molecule has 0 aliphatic heterocycles. The van der Waals surface area contributed by atoms with Gasteiger partial charge >= 0.3 is 0 Å². The fraction of sp³-hybridized carbons (Fsp3) is 0.304. The number of nitrogens with one attached hydrogen (secondary N) is 1. The van der Waals surface area contributed by atoms with E-state index in [1.165, 1.54) is 6.20 Å². The molecule has 9 nitrogen and oxygen atoms in total. The van der Waals surface area contributed by atoms with Crippen LogP contribution in [0.15, 0.2) is 47.2 Å². The number of ether oxygens (including phenoxy) is 1. The molecule has 0 bridgehead atoms. The van der Waals surface area contributed by atoms with Crippen LogP contribution in [-0.4, -0.2) is 49.7 Å². The summed E-state index contributed by atoms with van der Waals surface area (Å²) in [7, 11) is 0. The first-order chi connectivity index (χ1) is 16.3. The number of aliphatic hydroxyl groups excluding tert-OH is 1. The Labute approximate surface area is 192 Å². The van der Waals surface area contributed by atoms with Crippen LogP contribution < -0.4 is 10.1 Å². The zero-order chi connectivity index (χ0) is 23.9. The van der Waals surface area contributed by atoms with Gasteiger partial charge in [-0.2, -0.15) is 4.98 Å². The fourth-order valence-electron chi connectivity index (χ4n) is 3.81. The molecule has 1 aliphatic carbocycles. The van der Waals surface area contributed by atoms with Crippen molar-refractivity contribution in [3.63, 3.8) is 0 Å². The lowest BCUT2D eigenvalue weighted by Gasteiger charge is -2.31. The maximum Gasteiger partial charge on any atom is 0.274 e. The number of carbonyl (C=O) groups excluding carboxylic acids is 1. The number of aryl methyl sites for hydroxylation is 1. The number of rotatable bonds is 7. The van der Waals surface area contributed by atoms with Gasteiger partial charge in [0.25, 0.3) is 5.91 Å². The number of hydrogen-bond donors (Lipinski definition) is 2. The van der Waals surface area contributed by atoms with Gasteiger partial charge in [-0.3, -0.25) is 9.20 Å². The average molecular weight is 469 g/mol. The summed E-state index contributed by atoms with van der Waals surface area (Å²) in [6.07, 6.45) is 2.49. The Kier molecular flexibility index (Phi) is 5.48. The van der Waals surface area contributed by atoms with Gasteiger partial charge < -0.3 is 19.7 Å². The van der Waals surface area contributed by atoms with Gasteiger partial charge in [0.15, 0.2) is 0 Å². The number of alkyl halides is 2. The minimum absolute atomic E-state index is 0.125. The zero-order valence-electron chi connectivity index (χ0n) is 18.2. The number of halogens is 2. The molecule has 1 fully saturated rings. The summed E-state index contributed by atoms with van der Waals surface area (Å²) in [5.41, 5.74) is 2.78. The minimum atomic E-state index is -2.68. The summed E-state index contributed by atoms with van der Waals surface area (Å²) in [6.45, 7) is 1.85. The van der Waals surface area contributed by atoms with E-state index in [2.05, 4.69) is 20.4 Å². The van der Waals surface area contributed by atoms with Crippen molar-refractivity contribution in [1.82, 2.24) is 19.5 Å². The lowest BCUT2D eigenvalue weighted by Crippen LogP contribution is -2.33. The Hall–Kier alpha value is -3.86. The number of aromatic nitrogens is 4. The second kappa shape index (κ2) is 8.49. The quantitative estimate of drug-likeness (QED) is 0.423. The van der Waals surface area contributed by atoms with Crippen LogP contribution in [0.2, 0.25) is 0 Å². The Morgan fingerprint density at radius 1 is 1.32 bits per heavy atom. The van der Waals surface area contributed by atoms with Crippen LogP contribution in [0.5, 0.6) is 5.75 Å². The number of nitrogens with zero attached hydrogens (tertiary/aromatic N) is 4. The number of carbonyl (C=O) groups is 1. The molecule has 1 aliphatic rings. The molecule has 0 atom stereocenters. The number of fused-ring (bicyclic) bond motifs is 1. The second-order valence-corrected chi connectivity index (χ2v) is 8.21. The lowest BCUT2D eigenvalue weighted by molar-refractivity contribution is -0.0925. The summed E-state index contributed by atoms with van der Waals surface area (Å²) in [6, 6.07) is 8.69. The van der Waals surface area contributed by atoms with Gasteiger partial charge in [0.1, 0.15) is 23.7 Å². The van der Waals surface area contributed by atoms with Crippen molar-refractivity contribution >= 4 is 17.2 Å². The highest BCUT2D eigenvalue weighted by Crippen LogP contribution is 2.48. The van der Waals surface area contributed by atoms with Crippen molar-refractivity contribution in [2.24, 2.45) is 0 Å². The zero-order valence-corrected chi connectivity index (χ0v) is 18.2. The number of amides is 1. The van der Waals surface area contributed by atoms with Crippen molar-refractivity contribution in [3.05, 3.63) is 59.9 Å². The van der Waals surface area contributed by atoms with Crippen molar-refractivity contribution in [2.75, 3.05) is 18.5 Å². The SMILES string of the molecule is Cc1ccc(-c2noc(C3CC(F)(F)C3)n2)cc1NC(=O)c1cnc2ccc(OCCO)cn12. The molecule has 5 rings (SSSR count). The standard InChI is InChI=1S/C23H21F2N5O4/c1-13-2-3-14(20-28-22(34-29-20)15-9-23(24,25)10-15)8-17(13)27-21(32)18-11-26-19-5-4-16(12-30(18)19)33-7-6-31/h2-5,8,11-12,15,31H,6-7,9-10H2,1H3,(H,27,32). The third-order valence-corrected chi connectivity index (χ3v) is 5.70. The van der Waals surface area contributed by atoms with Crippen LogP contribution in [0.4, 0.5) is 14.5 Å². The van der Waals surface area contributed by atoms with E-state index in [4.69, 9.17) is 14.4 Å². The highest BCUT2D eigenvalue weighted by molar-refractivity contribution is 6.04. The van der Waals surface area contributed by atoms with Crippen molar-refractivity contribution in [1.29, 1.82) is 0 Å². The Morgan fingerprint density at radius 3 is 2.91 bits per heavy atom. The van der Waals surface area contributed by atoms with Gasteiger partial charge in [-0.1, -0.05) is 17.3 Å². The molecule has 176 valence electrons. The van der Waals surface area contributed by atoms with Gasteiger partial charge in [0.2, 0.25) is 17.6 Å². The van der Waals surface area contributed by atoms with E-state index in [0.29, 0.717) is 28.3 Å². The predicted molar refractivity (Wildman–Crippen MR) is 117 cm³/mol. The van der Waals surface area contributed by atoms with Crippen LogP contribution in [0.1, 0.15) is 40.7 Å². The summed E-state index contributed by atoms with van der Waals surface area (Å²) in [5.74, 6) is -2.56. The van der Waals surface area contributed by atoms with E-state index in [9.17, 15) is 13.6 Å². The first-order valence-electron chi connectivity index (χ1n) is 10.7. The topological polar surface area (TPSA) is 115 Å². The van der Waals surface area contributed by atoms with Crippen molar-refractivity contribution in [3.8, 4) is 17.1 Å². The smallest absolute Gasteiger partial charge is 0.274 e. The molecular weight excluding hydrogens is 448 g/mol. The minimum Gasteiger partial charge on any atom is -0.490 e. The summed E-state index contributed by atoms with van der Waals surface area (Å²) in [4.78, 5) is 21.6. The monoisotopic (exact) mass is 469 g/mol. The first kappa shape index (κ1) is 22.0. The molecule has 0 unspecified atom stereocenters. The molecule has 0 radical (unpaired) electrons.